The van der Waals surface area contributed by atoms with Crippen molar-refractivity contribution in [2.24, 2.45) is 0 Å². The van der Waals surface area contributed by atoms with E-state index in [1.807, 2.05) is 0 Å². The van der Waals surface area contributed by atoms with Gasteiger partial charge in [-0.2, -0.15) is 0 Å². The molecule has 98 valence electrons. The zero-order chi connectivity index (χ0) is 13.8. The molecule has 0 bridgehead atoms. The van der Waals surface area contributed by atoms with Gasteiger partial charge in [0.1, 0.15) is 10.9 Å². The monoisotopic (exact) mass is 340 g/mol. The number of nitrogens with one attached hydrogen (secondary N) is 1. The molecule has 2 rings (SSSR count). The van der Waals surface area contributed by atoms with Crippen molar-refractivity contribution in [2.45, 2.75) is 0 Å². The van der Waals surface area contributed by atoms with Crippen molar-refractivity contribution in [3.63, 3.8) is 0 Å². The van der Waals surface area contributed by atoms with Gasteiger partial charge in [0.05, 0.1) is 17.1 Å². The third-order valence-electron chi connectivity index (χ3n) is 2.41. The number of anilines is 1. The number of nitrogens with zero attached hydrogens (tertiary/aromatic N) is 1. The Kier molecular flexibility index (Phi) is 4.39. The van der Waals surface area contributed by atoms with E-state index in [-0.39, 0.29) is 11.1 Å². The summed E-state index contributed by atoms with van der Waals surface area (Å²) in [7, 11) is 1.58. The van der Waals surface area contributed by atoms with Crippen LogP contribution < -0.4 is 10.1 Å². The largest absolute Gasteiger partial charge is 0.496 e. The fourth-order valence-corrected chi connectivity index (χ4v) is 2.24. The zero-order valence-corrected chi connectivity index (χ0v) is 12.3. The third kappa shape index (κ3) is 3.24. The Morgan fingerprint density at radius 1 is 1.42 bits per heavy atom. The first-order valence-electron chi connectivity index (χ1n) is 5.37. The second-order valence-corrected chi connectivity index (χ2v) is 4.86. The smallest absolute Gasteiger partial charge is 0.258 e. The summed E-state index contributed by atoms with van der Waals surface area (Å²) in [6.45, 7) is 0. The predicted octanol–water partition coefficient (Wildman–Crippen LogP) is 3.76. The normalized spacial score (nSPS) is 10.1. The number of methoxy groups -OCH3 is 1. The van der Waals surface area contributed by atoms with Gasteiger partial charge in [-0.1, -0.05) is 11.6 Å². The number of halogens is 2. The summed E-state index contributed by atoms with van der Waals surface area (Å²) in [6.07, 6.45) is 1.53. The number of carbonyl (C=O) groups is 1. The van der Waals surface area contributed by atoms with Gasteiger partial charge in [-0.05, 0) is 46.3 Å². The summed E-state index contributed by atoms with van der Waals surface area (Å²) < 4.78 is 5.87. The van der Waals surface area contributed by atoms with Gasteiger partial charge in [-0.3, -0.25) is 4.79 Å². The predicted molar refractivity (Wildman–Crippen MR) is 77.9 cm³/mol. The van der Waals surface area contributed by atoms with Crippen molar-refractivity contribution >= 4 is 39.1 Å². The van der Waals surface area contributed by atoms with Crippen LogP contribution in [-0.2, 0) is 0 Å². The van der Waals surface area contributed by atoms with E-state index in [1.54, 1.807) is 37.4 Å². The van der Waals surface area contributed by atoms with Crippen LogP contribution >= 0.6 is 27.5 Å². The lowest BCUT2D eigenvalue weighted by atomic mass is 10.2. The van der Waals surface area contributed by atoms with Crippen molar-refractivity contribution in [3.8, 4) is 5.75 Å². The fraction of sp³-hybridized carbons (Fsp3) is 0.0769. The Balaban J connectivity index is 2.20. The van der Waals surface area contributed by atoms with Crippen molar-refractivity contribution in [3.05, 3.63) is 51.7 Å². The second-order valence-electron chi connectivity index (χ2n) is 3.65. The molecule has 6 heteroatoms. The average Bonchev–Trinajstić information content (AvgIpc) is 2.39. The molecule has 1 heterocycles. The molecule has 2 aromatic rings. The lowest BCUT2D eigenvalue weighted by molar-refractivity contribution is 0.102. The van der Waals surface area contributed by atoms with Crippen LogP contribution in [0.1, 0.15) is 10.4 Å². The lowest BCUT2D eigenvalue weighted by Crippen LogP contribution is -2.12. The molecule has 0 saturated carbocycles. The SMILES string of the molecule is COc1ccc(NC(=O)c2cccnc2Cl)cc1Br. The lowest BCUT2D eigenvalue weighted by Gasteiger charge is -2.08. The molecular formula is C13H10BrClN2O2. The van der Waals surface area contributed by atoms with Crippen LogP contribution in [0.4, 0.5) is 5.69 Å². The molecule has 1 N–H and O–H groups in total. The van der Waals surface area contributed by atoms with Crippen molar-refractivity contribution in [1.29, 1.82) is 0 Å². The van der Waals surface area contributed by atoms with Crippen LogP contribution in [0.5, 0.6) is 5.75 Å². The molecule has 19 heavy (non-hydrogen) atoms. The third-order valence-corrected chi connectivity index (χ3v) is 3.33. The number of hydrogen-bond acceptors (Lipinski definition) is 3. The summed E-state index contributed by atoms with van der Waals surface area (Å²) in [5, 5.41) is 2.92. The molecule has 0 saturated heterocycles. The highest BCUT2D eigenvalue weighted by molar-refractivity contribution is 9.10. The number of benzene rings is 1. The van der Waals surface area contributed by atoms with E-state index in [9.17, 15) is 4.79 Å². The summed E-state index contributed by atoms with van der Waals surface area (Å²) in [4.78, 5) is 15.9. The maximum atomic E-state index is 12.0. The molecule has 4 nitrogen and oxygen atoms in total. The Bertz CT molecular complexity index is 619. The molecular weight excluding hydrogens is 332 g/mol. The average molecular weight is 342 g/mol. The van der Waals surface area contributed by atoms with Gasteiger partial charge in [-0.15, -0.1) is 0 Å². The minimum absolute atomic E-state index is 0.174. The maximum absolute atomic E-state index is 12.0. The Morgan fingerprint density at radius 3 is 2.84 bits per heavy atom. The first-order valence-corrected chi connectivity index (χ1v) is 6.54. The molecule has 0 atom stereocenters. The van der Waals surface area contributed by atoms with Gasteiger partial charge in [0, 0.05) is 11.9 Å². The number of hydrogen-bond donors (Lipinski definition) is 1. The minimum atomic E-state index is -0.310. The number of pyridine rings is 1. The van der Waals surface area contributed by atoms with E-state index >= 15 is 0 Å². The van der Waals surface area contributed by atoms with Gasteiger partial charge >= 0.3 is 0 Å². The maximum Gasteiger partial charge on any atom is 0.258 e. The van der Waals surface area contributed by atoms with Gasteiger partial charge in [0.25, 0.3) is 5.91 Å². The summed E-state index contributed by atoms with van der Waals surface area (Å²) >= 11 is 9.22. The van der Waals surface area contributed by atoms with Gasteiger partial charge in [-0.25, -0.2) is 4.98 Å². The van der Waals surface area contributed by atoms with Crippen LogP contribution in [0.25, 0.3) is 0 Å². The molecule has 0 fully saturated rings. The quantitative estimate of drug-likeness (QED) is 0.865. The van der Waals surface area contributed by atoms with E-state index in [2.05, 4.69) is 26.2 Å². The Morgan fingerprint density at radius 2 is 2.21 bits per heavy atom. The van der Waals surface area contributed by atoms with E-state index in [0.29, 0.717) is 17.0 Å². The van der Waals surface area contributed by atoms with Crippen molar-refractivity contribution in [1.82, 2.24) is 4.98 Å². The number of ether oxygens (including phenoxy) is 1. The molecule has 1 aromatic carbocycles. The van der Waals surface area contributed by atoms with E-state index < -0.39 is 0 Å². The molecule has 0 unspecified atom stereocenters. The summed E-state index contributed by atoms with van der Waals surface area (Å²) in [5.74, 6) is 0.382. The second kappa shape index (κ2) is 6.04. The van der Waals surface area contributed by atoms with E-state index in [1.165, 1.54) is 6.20 Å². The van der Waals surface area contributed by atoms with E-state index in [4.69, 9.17) is 16.3 Å². The zero-order valence-electron chi connectivity index (χ0n) is 9.98. The fourth-order valence-electron chi connectivity index (χ4n) is 1.50. The number of rotatable bonds is 3. The van der Waals surface area contributed by atoms with Gasteiger partial charge in [0.15, 0.2) is 0 Å². The first kappa shape index (κ1) is 13.8. The minimum Gasteiger partial charge on any atom is -0.496 e. The van der Waals surface area contributed by atoms with Crippen LogP contribution in [-0.4, -0.2) is 18.0 Å². The highest BCUT2D eigenvalue weighted by atomic mass is 79.9. The standard InChI is InChI=1S/C13H10BrClN2O2/c1-19-11-5-4-8(7-10(11)14)17-13(18)9-3-2-6-16-12(9)15/h2-7H,1H3,(H,17,18). The Labute approximate surface area is 123 Å². The topological polar surface area (TPSA) is 51.2 Å². The van der Waals surface area contributed by atoms with Gasteiger partial charge in [0.2, 0.25) is 0 Å². The van der Waals surface area contributed by atoms with Crippen LogP contribution in [0, 0.1) is 0 Å². The molecule has 0 aliphatic carbocycles. The van der Waals surface area contributed by atoms with Crippen molar-refractivity contribution in [2.75, 3.05) is 12.4 Å². The number of aromatic nitrogens is 1. The molecule has 0 radical (unpaired) electrons. The molecule has 0 aliphatic heterocycles. The van der Waals surface area contributed by atoms with Crippen LogP contribution in [0.3, 0.4) is 0 Å². The molecule has 0 aliphatic rings. The highest BCUT2D eigenvalue weighted by Crippen LogP contribution is 2.28. The van der Waals surface area contributed by atoms with Gasteiger partial charge < -0.3 is 10.1 Å². The first-order chi connectivity index (χ1) is 9.11. The summed E-state index contributed by atoms with van der Waals surface area (Å²) in [6, 6.07) is 8.52. The Hall–Kier alpha value is -1.59. The van der Waals surface area contributed by atoms with Crippen LogP contribution in [0.2, 0.25) is 5.15 Å². The number of carbonyl (C=O) groups excluding carboxylic acids is 1. The molecule has 1 amide bonds. The van der Waals surface area contributed by atoms with Crippen molar-refractivity contribution < 1.29 is 9.53 Å². The highest BCUT2D eigenvalue weighted by Gasteiger charge is 2.11. The molecule has 1 aromatic heterocycles. The van der Waals surface area contributed by atoms with E-state index in [0.717, 1.165) is 4.47 Å². The molecule has 0 spiro atoms. The van der Waals surface area contributed by atoms with Crippen LogP contribution in [0.15, 0.2) is 41.0 Å². The number of amides is 1. The summed E-state index contributed by atoms with van der Waals surface area (Å²) in [5.41, 5.74) is 0.966.